The first-order valence-electron chi connectivity index (χ1n) is 5.78. The van der Waals surface area contributed by atoms with Crippen molar-refractivity contribution in [1.29, 1.82) is 0 Å². The van der Waals surface area contributed by atoms with Gasteiger partial charge in [-0.3, -0.25) is 13.6 Å². The van der Waals surface area contributed by atoms with Gasteiger partial charge in [0.1, 0.15) is 12.9 Å². The number of hydrogen-bond donors (Lipinski definition) is 1. The standard InChI is InChI=1S/C12H13ClN4O2S/c1-20(19)12-16-15-8-17(12)7-11(18)14-6-9-2-4-10(13)5-3-9/h2-5,8H,6-7H2,1H3,(H,14,18)/t20-/m0/s1. The number of hydrogen-bond acceptors (Lipinski definition) is 4. The predicted octanol–water partition coefficient (Wildman–Crippen LogP) is 0.985. The van der Waals surface area contributed by atoms with Crippen molar-refractivity contribution in [1.82, 2.24) is 20.1 Å². The average Bonchev–Trinajstić information content (AvgIpc) is 2.86. The summed E-state index contributed by atoms with van der Waals surface area (Å²) < 4.78 is 12.8. The van der Waals surface area contributed by atoms with Gasteiger partial charge < -0.3 is 5.32 Å². The second-order valence-electron chi connectivity index (χ2n) is 4.10. The van der Waals surface area contributed by atoms with Crippen LogP contribution in [-0.4, -0.2) is 31.1 Å². The van der Waals surface area contributed by atoms with Gasteiger partial charge in [0.05, 0.1) is 10.8 Å². The van der Waals surface area contributed by atoms with Crippen LogP contribution in [0.4, 0.5) is 0 Å². The van der Waals surface area contributed by atoms with Gasteiger partial charge in [0.15, 0.2) is 0 Å². The summed E-state index contributed by atoms with van der Waals surface area (Å²) in [4.78, 5) is 11.8. The Labute approximate surface area is 123 Å². The molecule has 0 saturated carbocycles. The molecule has 20 heavy (non-hydrogen) atoms. The van der Waals surface area contributed by atoms with Gasteiger partial charge in [0.2, 0.25) is 11.1 Å². The second-order valence-corrected chi connectivity index (χ2v) is 5.81. The Bertz CT molecular complexity index is 627. The molecule has 0 unspecified atom stereocenters. The van der Waals surface area contributed by atoms with Crippen LogP contribution in [0.15, 0.2) is 35.7 Å². The Kier molecular flexibility index (Phi) is 4.86. The highest BCUT2D eigenvalue weighted by atomic mass is 35.5. The first kappa shape index (κ1) is 14.7. The maximum Gasteiger partial charge on any atom is 0.240 e. The van der Waals surface area contributed by atoms with Crippen LogP contribution in [0.3, 0.4) is 0 Å². The van der Waals surface area contributed by atoms with E-state index in [1.165, 1.54) is 17.2 Å². The van der Waals surface area contributed by atoms with Crippen LogP contribution >= 0.6 is 11.6 Å². The number of carbonyl (C=O) groups is 1. The Balaban J connectivity index is 1.91. The smallest absolute Gasteiger partial charge is 0.240 e. The van der Waals surface area contributed by atoms with Gasteiger partial charge in [-0.1, -0.05) is 23.7 Å². The molecule has 0 fully saturated rings. The van der Waals surface area contributed by atoms with Gasteiger partial charge in [-0.05, 0) is 17.7 Å². The summed E-state index contributed by atoms with van der Waals surface area (Å²) in [6, 6.07) is 7.21. The zero-order chi connectivity index (χ0) is 14.5. The van der Waals surface area contributed by atoms with Crippen LogP contribution in [0.5, 0.6) is 0 Å². The molecule has 8 heteroatoms. The largest absolute Gasteiger partial charge is 0.350 e. The highest BCUT2D eigenvalue weighted by Crippen LogP contribution is 2.09. The minimum Gasteiger partial charge on any atom is -0.350 e. The molecular formula is C12H13ClN4O2S. The monoisotopic (exact) mass is 312 g/mol. The molecule has 0 aliphatic heterocycles. The van der Waals surface area contributed by atoms with E-state index in [9.17, 15) is 9.00 Å². The number of benzene rings is 1. The highest BCUT2D eigenvalue weighted by molar-refractivity contribution is 7.84. The first-order chi connectivity index (χ1) is 9.56. The Morgan fingerprint density at radius 2 is 2.10 bits per heavy atom. The molecular weight excluding hydrogens is 300 g/mol. The van der Waals surface area contributed by atoms with Crippen molar-refractivity contribution in [2.24, 2.45) is 0 Å². The van der Waals surface area contributed by atoms with Crippen LogP contribution in [0.25, 0.3) is 0 Å². The van der Waals surface area contributed by atoms with Crippen molar-refractivity contribution in [2.75, 3.05) is 6.26 Å². The molecule has 1 heterocycles. The molecule has 0 saturated heterocycles. The topological polar surface area (TPSA) is 76.9 Å². The molecule has 0 spiro atoms. The molecule has 1 amide bonds. The zero-order valence-electron chi connectivity index (χ0n) is 10.7. The third-order valence-electron chi connectivity index (χ3n) is 2.55. The molecule has 1 atom stereocenters. The van der Waals surface area contributed by atoms with Crippen molar-refractivity contribution < 1.29 is 9.00 Å². The summed E-state index contributed by atoms with van der Waals surface area (Å²) in [7, 11) is -1.27. The van der Waals surface area contributed by atoms with Crippen molar-refractivity contribution in [3.8, 4) is 0 Å². The number of amides is 1. The average molecular weight is 313 g/mol. The molecule has 1 aromatic heterocycles. The molecule has 1 aromatic carbocycles. The minimum atomic E-state index is -1.27. The van der Waals surface area contributed by atoms with E-state index in [1.807, 2.05) is 12.1 Å². The Morgan fingerprint density at radius 1 is 1.40 bits per heavy atom. The molecule has 0 aliphatic rings. The van der Waals surface area contributed by atoms with E-state index in [-0.39, 0.29) is 17.6 Å². The number of nitrogens with one attached hydrogen (secondary N) is 1. The quantitative estimate of drug-likeness (QED) is 0.893. The van der Waals surface area contributed by atoms with Gasteiger partial charge >= 0.3 is 0 Å². The SMILES string of the molecule is C[S@](=O)c1nncn1CC(=O)NCc1ccc(Cl)cc1. The van der Waals surface area contributed by atoms with Crippen LogP contribution in [0.2, 0.25) is 5.02 Å². The van der Waals surface area contributed by atoms with Crippen molar-refractivity contribution in [3.63, 3.8) is 0 Å². The number of rotatable bonds is 5. The van der Waals surface area contributed by atoms with E-state index < -0.39 is 10.8 Å². The second kappa shape index (κ2) is 6.62. The molecule has 106 valence electrons. The lowest BCUT2D eigenvalue weighted by Crippen LogP contribution is -2.27. The van der Waals surface area contributed by atoms with E-state index in [0.29, 0.717) is 11.6 Å². The van der Waals surface area contributed by atoms with E-state index in [0.717, 1.165) is 5.56 Å². The Morgan fingerprint density at radius 3 is 2.75 bits per heavy atom. The van der Waals surface area contributed by atoms with Crippen LogP contribution < -0.4 is 5.32 Å². The van der Waals surface area contributed by atoms with Crippen molar-refractivity contribution in [2.45, 2.75) is 18.2 Å². The maximum absolute atomic E-state index is 11.8. The summed E-state index contributed by atoms with van der Waals surface area (Å²) in [5, 5.41) is 11.1. The minimum absolute atomic E-state index is 0.0372. The molecule has 2 rings (SSSR count). The predicted molar refractivity (Wildman–Crippen MR) is 75.7 cm³/mol. The number of aromatic nitrogens is 3. The lowest BCUT2D eigenvalue weighted by Gasteiger charge is -2.07. The van der Waals surface area contributed by atoms with Crippen LogP contribution in [0, 0.1) is 0 Å². The fourth-order valence-corrected chi connectivity index (χ4v) is 2.32. The summed E-state index contributed by atoms with van der Waals surface area (Å²) in [5.41, 5.74) is 0.950. The van der Waals surface area contributed by atoms with E-state index in [1.54, 1.807) is 12.1 Å². The fraction of sp³-hybridized carbons (Fsp3) is 0.250. The fourth-order valence-electron chi connectivity index (χ4n) is 1.59. The van der Waals surface area contributed by atoms with Gasteiger partial charge in [-0.15, -0.1) is 10.2 Å². The van der Waals surface area contributed by atoms with E-state index in [4.69, 9.17) is 11.6 Å². The van der Waals surface area contributed by atoms with Gasteiger partial charge in [-0.2, -0.15) is 0 Å². The third kappa shape index (κ3) is 3.88. The Hall–Kier alpha value is -1.73. The third-order valence-corrected chi connectivity index (χ3v) is 3.64. The first-order valence-corrected chi connectivity index (χ1v) is 7.72. The molecule has 1 N–H and O–H groups in total. The van der Waals surface area contributed by atoms with Gasteiger partial charge in [-0.25, -0.2) is 0 Å². The van der Waals surface area contributed by atoms with Crippen molar-refractivity contribution in [3.05, 3.63) is 41.2 Å². The van der Waals surface area contributed by atoms with Gasteiger partial charge in [0.25, 0.3) is 0 Å². The normalized spacial score (nSPS) is 12.1. The van der Waals surface area contributed by atoms with Crippen LogP contribution in [0.1, 0.15) is 5.56 Å². The summed E-state index contributed by atoms with van der Waals surface area (Å²) in [6.45, 7) is 0.443. The van der Waals surface area contributed by atoms with Crippen molar-refractivity contribution >= 4 is 28.3 Å². The van der Waals surface area contributed by atoms with Crippen LogP contribution in [-0.2, 0) is 28.7 Å². The zero-order valence-corrected chi connectivity index (χ0v) is 12.3. The number of nitrogens with zero attached hydrogens (tertiary/aromatic N) is 3. The summed E-state index contributed by atoms with van der Waals surface area (Å²) in [5.74, 6) is -0.202. The molecule has 6 nitrogen and oxygen atoms in total. The number of halogens is 1. The molecule has 0 aliphatic carbocycles. The number of carbonyl (C=O) groups excluding carboxylic acids is 1. The van der Waals surface area contributed by atoms with E-state index >= 15 is 0 Å². The molecule has 0 bridgehead atoms. The highest BCUT2D eigenvalue weighted by Gasteiger charge is 2.11. The molecule has 2 aromatic rings. The summed E-state index contributed by atoms with van der Waals surface area (Å²) in [6.07, 6.45) is 2.88. The summed E-state index contributed by atoms with van der Waals surface area (Å²) >= 11 is 5.78. The molecule has 0 radical (unpaired) electrons. The maximum atomic E-state index is 11.8. The van der Waals surface area contributed by atoms with E-state index in [2.05, 4.69) is 15.5 Å². The lowest BCUT2D eigenvalue weighted by atomic mass is 10.2. The lowest BCUT2D eigenvalue weighted by molar-refractivity contribution is -0.121. The van der Waals surface area contributed by atoms with Gasteiger partial charge in [0, 0.05) is 17.8 Å².